The highest BCUT2D eigenvalue weighted by Crippen LogP contribution is 2.01. The summed E-state index contributed by atoms with van der Waals surface area (Å²) in [4.78, 5) is 10.6. The van der Waals surface area contributed by atoms with Gasteiger partial charge in [0.15, 0.2) is 0 Å². The maximum absolute atomic E-state index is 11.1. The fraction of sp³-hybridized carbons (Fsp3) is 0.500. The lowest BCUT2D eigenvalue weighted by Gasteiger charge is -2.04. The quantitative estimate of drug-likeness (QED) is 0.696. The van der Waals surface area contributed by atoms with E-state index in [1.807, 2.05) is 0 Å². The first kappa shape index (κ1) is 11.0. The molecular formula is C6H11NO4S. The van der Waals surface area contributed by atoms with E-state index in [9.17, 15) is 13.2 Å². The van der Waals surface area contributed by atoms with Crippen LogP contribution in [0.4, 0.5) is 4.79 Å². The second kappa shape index (κ2) is 4.10. The molecule has 5 nitrogen and oxygen atoms in total. The van der Waals surface area contributed by atoms with Crippen molar-refractivity contribution in [2.24, 2.45) is 0 Å². The van der Waals surface area contributed by atoms with Crippen molar-refractivity contribution in [1.82, 2.24) is 4.72 Å². The van der Waals surface area contributed by atoms with Crippen molar-refractivity contribution in [2.45, 2.75) is 13.8 Å². The van der Waals surface area contributed by atoms with E-state index < -0.39 is 16.1 Å². The summed E-state index contributed by atoms with van der Waals surface area (Å²) < 4.78 is 27.9. The third-order valence-electron chi connectivity index (χ3n) is 1.23. The Labute approximate surface area is 71.5 Å². The largest absolute Gasteiger partial charge is 0.452 e. The fourth-order valence-electron chi connectivity index (χ4n) is 0.387. The Morgan fingerprint density at radius 2 is 2.00 bits per heavy atom. The van der Waals surface area contributed by atoms with Crippen molar-refractivity contribution in [1.29, 1.82) is 0 Å². The molecule has 0 heterocycles. The molecular weight excluding hydrogens is 182 g/mol. The topological polar surface area (TPSA) is 72.5 Å². The lowest BCUT2D eigenvalue weighted by molar-refractivity contribution is 0.178. The highest BCUT2D eigenvalue weighted by atomic mass is 32.2. The second-order valence-corrected chi connectivity index (χ2v) is 3.85. The molecule has 0 radical (unpaired) electrons. The first-order valence-corrected chi connectivity index (χ1v) is 4.66. The number of hydrogen-bond donors (Lipinski definition) is 1. The minimum atomic E-state index is -3.69. The molecule has 70 valence electrons. The first-order valence-electron chi connectivity index (χ1n) is 3.17. The molecule has 0 atom stereocenters. The van der Waals surface area contributed by atoms with Crippen LogP contribution in [0.15, 0.2) is 11.0 Å². The number of methoxy groups -OCH3 is 1. The monoisotopic (exact) mass is 193 g/mol. The molecule has 12 heavy (non-hydrogen) atoms. The van der Waals surface area contributed by atoms with Gasteiger partial charge >= 0.3 is 6.09 Å². The molecule has 0 spiro atoms. The van der Waals surface area contributed by atoms with Crippen LogP contribution in [0.3, 0.4) is 0 Å². The third-order valence-corrected chi connectivity index (χ3v) is 2.75. The molecule has 1 N–H and O–H groups in total. The van der Waals surface area contributed by atoms with Crippen molar-refractivity contribution < 1.29 is 17.9 Å². The number of amides is 1. The Bertz CT molecular complexity index is 291. The van der Waals surface area contributed by atoms with E-state index in [2.05, 4.69) is 4.74 Å². The number of rotatable bonds is 2. The second-order valence-electron chi connectivity index (χ2n) is 2.00. The highest BCUT2D eigenvalue weighted by molar-refractivity contribution is 7.93. The van der Waals surface area contributed by atoms with Gasteiger partial charge < -0.3 is 4.74 Å². The molecule has 0 aromatic heterocycles. The van der Waals surface area contributed by atoms with Gasteiger partial charge in [0.1, 0.15) is 0 Å². The summed E-state index contributed by atoms with van der Waals surface area (Å²) in [6.45, 7) is 2.94. The molecule has 0 saturated heterocycles. The van der Waals surface area contributed by atoms with Crippen LogP contribution in [-0.2, 0) is 14.8 Å². The van der Waals surface area contributed by atoms with E-state index in [0.29, 0.717) is 0 Å². The van der Waals surface area contributed by atoms with E-state index in [4.69, 9.17) is 0 Å². The van der Waals surface area contributed by atoms with Gasteiger partial charge in [-0.3, -0.25) is 0 Å². The average molecular weight is 193 g/mol. The summed E-state index contributed by atoms with van der Waals surface area (Å²) in [7, 11) is -2.59. The lowest BCUT2D eigenvalue weighted by atomic mass is 10.6. The van der Waals surface area contributed by atoms with Gasteiger partial charge in [0.05, 0.1) is 12.0 Å². The Morgan fingerprint density at radius 1 is 1.50 bits per heavy atom. The van der Waals surface area contributed by atoms with Gasteiger partial charge in [-0.1, -0.05) is 6.08 Å². The molecule has 0 aromatic rings. The molecule has 0 rings (SSSR count). The Hall–Kier alpha value is -1.04. The zero-order valence-corrected chi connectivity index (χ0v) is 7.94. The molecule has 0 aromatic carbocycles. The zero-order chi connectivity index (χ0) is 9.78. The van der Waals surface area contributed by atoms with E-state index in [1.54, 1.807) is 11.6 Å². The van der Waals surface area contributed by atoms with Crippen LogP contribution in [0.1, 0.15) is 13.8 Å². The smallest absolute Gasteiger partial charge is 0.420 e. The number of hydrogen-bond acceptors (Lipinski definition) is 4. The van der Waals surface area contributed by atoms with Crippen LogP contribution in [0.5, 0.6) is 0 Å². The SMILES string of the molecule is C/C=C(/C)S(=O)(=O)NC(=O)OC. The lowest BCUT2D eigenvalue weighted by Crippen LogP contribution is -2.30. The maximum Gasteiger partial charge on any atom is 0.420 e. The summed E-state index contributed by atoms with van der Waals surface area (Å²) in [6.07, 6.45) is 0.391. The molecule has 0 aliphatic rings. The van der Waals surface area contributed by atoms with Crippen LogP contribution in [0.2, 0.25) is 0 Å². The molecule has 0 bridgehead atoms. The summed E-state index contributed by atoms with van der Waals surface area (Å²) in [6, 6.07) is 0. The van der Waals surface area contributed by atoms with Gasteiger partial charge in [-0.25, -0.2) is 17.9 Å². The Kier molecular flexibility index (Phi) is 3.75. The minimum Gasteiger partial charge on any atom is -0.452 e. The molecule has 1 amide bonds. The van der Waals surface area contributed by atoms with E-state index >= 15 is 0 Å². The van der Waals surface area contributed by atoms with E-state index in [-0.39, 0.29) is 4.91 Å². The summed E-state index contributed by atoms with van der Waals surface area (Å²) in [5, 5.41) is 0. The van der Waals surface area contributed by atoms with Gasteiger partial charge in [0.2, 0.25) is 0 Å². The minimum absolute atomic E-state index is 0.0768. The Morgan fingerprint density at radius 3 is 2.33 bits per heavy atom. The van der Waals surface area contributed by atoms with E-state index in [0.717, 1.165) is 7.11 Å². The van der Waals surface area contributed by atoms with Crippen LogP contribution in [0.25, 0.3) is 0 Å². The highest BCUT2D eigenvalue weighted by Gasteiger charge is 2.15. The normalized spacial score (nSPS) is 12.4. The van der Waals surface area contributed by atoms with Crippen LogP contribution in [0, 0.1) is 0 Å². The maximum atomic E-state index is 11.1. The zero-order valence-electron chi connectivity index (χ0n) is 7.12. The van der Waals surface area contributed by atoms with Crippen molar-refractivity contribution in [2.75, 3.05) is 7.11 Å². The van der Waals surface area contributed by atoms with Crippen molar-refractivity contribution in [3.8, 4) is 0 Å². The Balaban J connectivity index is 4.57. The van der Waals surface area contributed by atoms with Gasteiger partial charge in [-0.2, -0.15) is 0 Å². The number of ether oxygens (including phenoxy) is 1. The number of allylic oxidation sites excluding steroid dienone is 2. The predicted molar refractivity (Wildman–Crippen MR) is 43.9 cm³/mol. The molecule has 0 fully saturated rings. The number of carbonyl (C=O) groups is 1. The van der Waals surface area contributed by atoms with Gasteiger partial charge in [-0.15, -0.1) is 0 Å². The summed E-state index contributed by atoms with van der Waals surface area (Å²) in [5.41, 5.74) is 0. The molecule has 0 unspecified atom stereocenters. The summed E-state index contributed by atoms with van der Waals surface area (Å²) >= 11 is 0. The van der Waals surface area contributed by atoms with Crippen molar-refractivity contribution in [3.63, 3.8) is 0 Å². The van der Waals surface area contributed by atoms with Gasteiger partial charge in [0, 0.05) is 0 Å². The number of nitrogens with one attached hydrogen (secondary N) is 1. The van der Waals surface area contributed by atoms with Gasteiger partial charge in [-0.05, 0) is 13.8 Å². The number of sulfonamides is 1. The molecule has 0 aliphatic heterocycles. The van der Waals surface area contributed by atoms with Crippen LogP contribution >= 0.6 is 0 Å². The molecule has 6 heteroatoms. The van der Waals surface area contributed by atoms with E-state index in [1.165, 1.54) is 13.0 Å². The first-order chi connectivity index (χ1) is 5.44. The standard InChI is InChI=1S/C6H11NO4S/c1-4-5(2)12(9,10)7-6(8)11-3/h4H,1-3H3,(H,7,8)/b5-4-. The average Bonchev–Trinajstić information content (AvgIpc) is 2.02. The van der Waals surface area contributed by atoms with Crippen molar-refractivity contribution in [3.05, 3.63) is 11.0 Å². The van der Waals surface area contributed by atoms with Crippen molar-refractivity contribution >= 4 is 16.1 Å². The van der Waals surface area contributed by atoms with Gasteiger partial charge in [0.25, 0.3) is 10.0 Å². The number of carbonyl (C=O) groups excluding carboxylic acids is 1. The van der Waals surface area contributed by atoms with Crippen LogP contribution in [-0.4, -0.2) is 21.6 Å². The van der Waals surface area contributed by atoms with Crippen LogP contribution < -0.4 is 4.72 Å². The predicted octanol–water partition coefficient (Wildman–Crippen LogP) is 0.596. The summed E-state index contributed by atoms with van der Waals surface area (Å²) in [5.74, 6) is 0. The molecule has 0 aliphatic carbocycles. The molecule has 0 saturated carbocycles. The third kappa shape index (κ3) is 2.91. The fourth-order valence-corrected chi connectivity index (χ4v) is 1.16.